The van der Waals surface area contributed by atoms with Crippen LogP contribution < -0.4 is 14.6 Å². The number of carbonyl (C=O) groups is 2. The van der Waals surface area contributed by atoms with Crippen LogP contribution >= 0.6 is 0 Å². The summed E-state index contributed by atoms with van der Waals surface area (Å²) in [6.45, 7) is 5.80. The number of aromatic nitrogens is 3. The van der Waals surface area contributed by atoms with E-state index in [0.29, 0.717) is 23.5 Å². The van der Waals surface area contributed by atoms with Crippen molar-refractivity contribution in [3.05, 3.63) is 102 Å². The highest BCUT2D eigenvalue weighted by molar-refractivity contribution is 6.53. The Labute approximate surface area is 209 Å². The highest BCUT2D eigenvalue weighted by atomic mass is 16.3. The Bertz CT molecular complexity index is 1520. The third-order valence-electron chi connectivity index (χ3n) is 6.18. The summed E-state index contributed by atoms with van der Waals surface area (Å²) in [6, 6.07) is 20.0. The van der Waals surface area contributed by atoms with Crippen molar-refractivity contribution in [2.24, 2.45) is 0 Å². The van der Waals surface area contributed by atoms with E-state index in [1.807, 2.05) is 57.2 Å². The van der Waals surface area contributed by atoms with Gasteiger partial charge in [-0.05, 0) is 62.0 Å². The third-order valence-corrected chi connectivity index (χ3v) is 6.18. The van der Waals surface area contributed by atoms with Gasteiger partial charge < -0.3 is 5.11 Å². The lowest BCUT2D eigenvalue weighted by Crippen LogP contribution is -2.39. The Kier molecular flexibility index (Phi) is 5.98. The fourth-order valence-electron chi connectivity index (χ4n) is 4.57. The minimum Gasteiger partial charge on any atom is -0.858 e. The molecular formula is C29H26N4O3. The molecule has 0 saturated carbocycles. The molecule has 0 bridgehead atoms. The number of carbonyl (C=O) groups excluding carboxylic acids is 2. The van der Waals surface area contributed by atoms with Crippen LogP contribution in [0.5, 0.6) is 5.88 Å². The number of pyridine rings is 1. The summed E-state index contributed by atoms with van der Waals surface area (Å²) in [4.78, 5) is 29.0. The average molecular weight is 479 g/mol. The van der Waals surface area contributed by atoms with Gasteiger partial charge in [0.15, 0.2) is 12.4 Å². The molecule has 4 aromatic rings. The van der Waals surface area contributed by atoms with Crippen molar-refractivity contribution >= 4 is 28.8 Å². The normalized spacial score (nSPS) is 13.7. The van der Waals surface area contributed by atoms with Crippen LogP contribution in [0.15, 0.2) is 79.1 Å². The number of hydrogen-bond acceptors (Lipinski definition) is 4. The molecule has 36 heavy (non-hydrogen) atoms. The molecule has 0 atom stereocenters. The number of para-hydroxylation sites is 1. The smallest absolute Gasteiger partial charge is 0.331 e. The van der Waals surface area contributed by atoms with Crippen LogP contribution in [0.2, 0.25) is 0 Å². The summed E-state index contributed by atoms with van der Waals surface area (Å²) < 4.78 is 2.95. The highest BCUT2D eigenvalue weighted by Crippen LogP contribution is 2.39. The topological polar surface area (TPSA) is 82.1 Å². The predicted octanol–water partition coefficient (Wildman–Crippen LogP) is 3.74. The maximum atomic E-state index is 14.0. The van der Waals surface area contributed by atoms with Crippen molar-refractivity contribution in [3.8, 4) is 11.6 Å². The number of aryl methyl sites for hydroxylation is 3. The highest BCUT2D eigenvalue weighted by Gasteiger charge is 2.47. The van der Waals surface area contributed by atoms with Gasteiger partial charge in [0.2, 0.25) is 0 Å². The molecule has 5 rings (SSSR count). The predicted molar refractivity (Wildman–Crippen MR) is 135 cm³/mol. The third kappa shape index (κ3) is 3.88. The number of imide groups is 1. The van der Waals surface area contributed by atoms with Gasteiger partial charge in [0.05, 0.1) is 17.1 Å². The molecule has 7 nitrogen and oxygen atoms in total. The van der Waals surface area contributed by atoms with Crippen LogP contribution in [0.3, 0.4) is 0 Å². The Balaban J connectivity index is 1.79. The maximum Gasteiger partial charge on any atom is 0.331 e. The van der Waals surface area contributed by atoms with Crippen LogP contribution in [0.4, 0.5) is 5.69 Å². The van der Waals surface area contributed by atoms with Gasteiger partial charge in [-0.3, -0.25) is 9.59 Å². The molecule has 2 aromatic carbocycles. The summed E-state index contributed by atoms with van der Waals surface area (Å²) >= 11 is 0. The van der Waals surface area contributed by atoms with E-state index in [1.54, 1.807) is 47.3 Å². The van der Waals surface area contributed by atoms with Crippen molar-refractivity contribution in [1.29, 1.82) is 0 Å². The zero-order valence-electron chi connectivity index (χ0n) is 20.4. The first-order valence-electron chi connectivity index (χ1n) is 11.9. The van der Waals surface area contributed by atoms with E-state index in [9.17, 15) is 14.7 Å². The molecule has 0 unspecified atom stereocenters. The molecule has 0 aliphatic carbocycles. The molecule has 0 fully saturated rings. The number of benzene rings is 2. The molecule has 1 aliphatic heterocycles. The minimum atomic E-state index is -0.531. The molecule has 0 saturated heterocycles. The first-order valence-corrected chi connectivity index (χ1v) is 11.9. The second-order valence-corrected chi connectivity index (χ2v) is 8.92. The average Bonchev–Trinajstić information content (AvgIpc) is 3.31. The SMILES string of the molecule is CCCc1nn(-c2ccccc2)c([O-])c1C1=C([n+]2cccc(C)c2)C(=O)N(c2cccc(C)c2)C1=O. The molecule has 7 heteroatoms. The number of nitrogens with zero attached hydrogens (tertiary/aromatic N) is 4. The van der Waals surface area contributed by atoms with Gasteiger partial charge in [0.1, 0.15) is 5.57 Å². The fourth-order valence-corrected chi connectivity index (χ4v) is 4.57. The summed E-state index contributed by atoms with van der Waals surface area (Å²) in [5.41, 5.74) is 3.79. The summed E-state index contributed by atoms with van der Waals surface area (Å²) in [5, 5.41) is 18.4. The fraction of sp³-hybridized carbons (Fsp3) is 0.172. The van der Waals surface area contributed by atoms with E-state index in [4.69, 9.17) is 0 Å². The van der Waals surface area contributed by atoms with Crippen LogP contribution in [0.1, 0.15) is 35.7 Å². The molecule has 1 aliphatic rings. The monoisotopic (exact) mass is 478 g/mol. The van der Waals surface area contributed by atoms with Gasteiger partial charge in [-0.1, -0.05) is 43.7 Å². The van der Waals surface area contributed by atoms with Gasteiger partial charge in [-0.25, -0.2) is 9.58 Å². The van der Waals surface area contributed by atoms with E-state index < -0.39 is 17.7 Å². The molecule has 180 valence electrons. The minimum absolute atomic E-state index is 0.0766. The standard InChI is InChI=1S/C29H26N4O3/c1-4-10-23-24(28(35)33(30-23)21-13-6-5-7-14-21)25-26(31-16-9-12-20(3)18-31)29(36)32(27(25)34)22-15-8-11-19(2)17-22/h5-9,11-18H,4,10H2,1-3H3. The Hall–Kier alpha value is -4.52. The van der Waals surface area contributed by atoms with Gasteiger partial charge in [0.25, 0.3) is 11.6 Å². The molecule has 3 heterocycles. The van der Waals surface area contributed by atoms with Crippen molar-refractivity contribution in [3.63, 3.8) is 0 Å². The second kappa shape index (κ2) is 9.26. The van der Waals surface area contributed by atoms with Gasteiger partial charge in [-0.2, -0.15) is 9.67 Å². The molecule has 0 radical (unpaired) electrons. The lowest BCUT2D eigenvalue weighted by atomic mass is 10.0. The van der Waals surface area contributed by atoms with E-state index in [1.165, 1.54) is 4.68 Å². The molecular weight excluding hydrogens is 452 g/mol. The number of amides is 2. The van der Waals surface area contributed by atoms with Crippen LogP contribution in [0.25, 0.3) is 17.0 Å². The van der Waals surface area contributed by atoms with Crippen molar-refractivity contribution in [2.75, 3.05) is 4.90 Å². The molecule has 2 amide bonds. The number of hydrogen-bond donors (Lipinski definition) is 0. The van der Waals surface area contributed by atoms with Crippen LogP contribution in [-0.4, -0.2) is 21.6 Å². The quantitative estimate of drug-likeness (QED) is 0.312. The van der Waals surface area contributed by atoms with Crippen LogP contribution in [-0.2, 0) is 16.0 Å². The summed E-state index contributed by atoms with van der Waals surface area (Å²) in [5.74, 6) is -1.43. The van der Waals surface area contributed by atoms with Gasteiger partial charge >= 0.3 is 5.91 Å². The first-order chi connectivity index (χ1) is 17.4. The Morgan fingerprint density at radius 3 is 2.31 bits per heavy atom. The van der Waals surface area contributed by atoms with Crippen LogP contribution in [0, 0.1) is 13.8 Å². The molecule has 2 aromatic heterocycles. The molecule has 0 N–H and O–H groups in total. The first kappa shape index (κ1) is 23.2. The van der Waals surface area contributed by atoms with Crippen molar-refractivity contribution < 1.29 is 19.3 Å². The van der Waals surface area contributed by atoms with E-state index in [2.05, 4.69) is 5.10 Å². The van der Waals surface area contributed by atoms with E-state index in [0.717, 1.165) is 22.4 Å². The lowest BCUT2D eigenvalue weighted by molar-refractivity contribution is -0.577. The molecule has 0 spiro atoms. The zero-order chi connectivity index (χ0) is 25.4. The number of rotatable bonds is 6. The van der Waals surface area contributed by atoms with E-state index in [-0.39, 0.29) is 16.8 Å². The zero-order valence-corrected chi connectivity index (χ0v) is 20.4. The lowest BCUT2D eigenvalue weighted by Gasteiger charge is -2.16. The largest absolute Gasteiger partial charge is 0.858 e. The van der Waals surface area contributed by atoms with Crippen molar-refractivity contribution in [2.45, 2.75) is 33.6 Å². The summed E-state index contributed by atoms with van der Waals surface area (Å²) in [7, 11) is 0. The van der Waals surface area contributed by atoms with Gasteiger partial charge in [0, 0.05) is 17.2 Å². The summed E-state index contributed by atoms with van der Waals surface area (Å²) in [6.07, 6.45) is 4.72. The maximum absolute atomic E-state index is 14.0. The number of anilines is 1. The Morgan fingerprint density at radius 1 is 0.889 bits per heavy atom. The Morgan fingerprint density at radius 2 is 1.61 bits per heavy atom. The van der Waals surface area contributed by atoms with Gasteiger partial charge in [-0.15, -0.1) is 0 Å². The van der Waals surface area contributed by atoms with Crippen molar-refractivity contribution in [1.82, 2.24) is 9.78 Å². The van der Waals surface area contributed by atoms with E-state index >= 15 is 0 Å². The second-order valence-electron chi connectivity index (χ2n) is 8.92.